The largest absolute Gasteiger partial charge is 0.496 e. The van der Waals surface area contributed by atoms with Gasteiger partial charge >= 0.3 is 0 Å². The molecular weight excluding hydrogens is 364 g/mol. The third kappa shape index (κ3) is 4.67. The van der Waals surface area contributed by atoms with Gasteiger partial charge in [0.1, 0.15) is 5.75 Å². The lowest BCUT2D eigenvalue weighted by atomic mass is 10.00. The second-order valence-corrected chi connectivity index (χ2v) is 8.66. The fourth-order valence-corrected chi connectivity index (χ4v) is 3.99. The van der Waals surface area contributed by atoms with Crippen LogP contribution in [0.4, 0.5) is 0 Å². The SMILES string of the molecule is COc1ccccc1CN(CC(=O)N1CCc2ccccc2C1)S(C)(=O)=O. The average Bonchev–Trinajstić information content (AvgIpc) is 2.66. The van der Waals surface area contributed by atoms with Crippen LogP contribution in [-0.4, -0.2) is 50.0 Å². The zero-order valence-electron chi connectivity index (χ0n) is 15.6. The zero-order chi connectivity index (χ0) is 19.4. The third-order valence-corrected chi connectivity index (χ3v) is 6.00. The molecule has 2 aromatic carbocycles. The molecule has 0 spiro atoms. The van der Waals surface area contributed by atoms with Crippen LogP contribution in [0, 0.1) is 0 Å². The summed E-state index contributed by atoms with van der Waals surface area (Å²) in [6.07, 6.45) is 1.91. The van der Waals surface area contributed by atoms with Gasteiger partial charge in [-0.05, 0) is 23.6 Å². The van der Waals surface area contributed by atoms with Crippen LogP contribution in [0.2, 0.25) is 0 Å². The van der Waals surface area contributed by atoms with Crippen molar-refractivity contribution < 1.29 is 17.9 Å². The summed E-state index contributed by atoms with van der Waals surface area (Å²) in [5, 5.41) is 0. The molecule has 0 fully saturated rings. The monoisotopic (exact) mass is 388 g/mol. The Morgan fingerprint density at radius 1 is 1.11 bits per heavy atom. The molecule has 7 heteroatoms. The van der Waals surface area contributed by atoms with E-state index in [4.69, 9.17) is 4.74 Å². The van der Waals surface area contributed by atoms with Crippen molar-refractivity contribution in [3.8, 4) is 5.75 Å². The van der Waals surface area contributed by atoms with Crippen LogP contribution in [0.3, 0.4) is 0 Å². The molecule has 0 aromatic heterocycles. The lowest BCUT2D eigenvalue weighted by Gasteiger charge is -2.31. The highest BCUT2D eigenvalue weighted by Gasteiger charge is 2.26. The lowest BCUT2D eigenvalue weighted by Crippen LogP contribution is -2.44. The van der Waals surface area contributed by atoms with Gasteiger partial charge in [-0.1, -0.05) is 42.5 Å². The number of nitrogens with zero attached hydrogens (tertiary/aromatic N) is 2. The van der Waals surface area contributed by atoms with E-state index in [1.54, 1.807) is 24.1 Å². The molecule has 0 saturated heterocycles. The standard InChI is InChI=1S/C20H24N2O4S/c1-26-19-10-6-5-9-18(19)14-22(27(2,24)25)15-20(23)21-12-11-16-7-3-4-8-17(16)13-21/h3-10H,11-15H2,1-2H3. The number of amides is 1. The predicted molar refractivity (Wildman–Crippen MR) is 104 cm³/mol. The molecule has 0 unspecified atom stereocenters. The van der Waals surface area contributed by atoms with Gasteiger partial charge in [-0.25, -0.2) is 8.42 Å². The van der Waals surface area contributed by atoms with Crippen LogP contribution < -0.4 is 4.74 Å². The van der Waals surface area contributed by atoms with Gasteiger partial charge in [0.15, 0.2) is 0 Å². The van der Waals surface area contributed by atoms with Crippen LogP contribution in [0.5, 0.6) is 5.75 Å². The van der Waals surface area contributed by atoms with E-state index < -0.39 is 10.0 Å². The summed E-state index contributed by atoms with van der Waals surface area (Å²) < 4.78 is 31.0. The first-order chi connectivity index (χ1) is 12.9. The Kier molecular flexibility index (Phi) is 5.82. The zero-order valence-corrected chi connectivity index (χ0v) is 16.4. The van der Waals surface area contributed by atoms with Crippen molar-refractivity contribution in [3.63, 3.8) is 0 Å². The maximum absolute atomic E-state index is 12.8. The van der Waals surface area contributed by atoms with Crippen molar-refractivity contribution >= 4 is 15.9 Å². The number of ether oxygens (including phenoxy) is 1. The fourth-order valence-electron chi connectivity index (χ4n) is 3.27. The van der Waals surface area contributed by atoms with E-state index in [9.17, 15) is 13.2 Å². The molecule has 0 N–H and O–H groups in total. The number of para-hydroxylation sites is 1. The molecule has 3 rings (SSSR count). The highest BCUT2D eigenvalue weighted by Crippen LogP contribution is 2.22. The minimum atomic E-state index is -3.55. The second-order valence-electron chi connectivity index (χ2n) is 6.68. The van der Waals surface area contributed by atoms with Gasteiger partial charge in [-0.2, -0.15) is 4.31 Å². The number of hydrogen-bond acceptors (Lipinski definition) is 4. The minimum absolute atomic E-state index is 0.0962. The summed E-state index contributed by atoms with van der Waals surface area (Å²) >= 11 is 0. The van der Waals surface area contributed by atoms with Gasteiger partial charge in [0.05, 0.1) is 19.9 Å². The van der Waals surface area contributed by atoms with Gasteiger partial charge in [-0.3, -0.25) is 4.79 Å². The molecule has 0 aliphatic carbocycles. The third-order valence-electron chi connectivity index (χ3n) is 4.80. The van der Waals surface area contributed by atoms with Crippen molar-refractivity contribution in [2.45, 2.75) is 19.5 Å². The summed E-state index contributed by atoms with van der Waals surface area (Å²) in [5.74, 6) is 0.412. The quantitative estimate of drug-likeness (QED) is 0.760. The topological polar surface area (TPSA) is 66.9 Å². The smallest absolute Gasteiger partial charge is 0.238 e. The Hall–Kier alpha value is -2.38. The highest BCUT2D eigenvalue weighted by atomic mass is 32.2. The fraction of sp³-hybridized carbons (Fsp3) is 0.350. The van der Waals surface area contributed by atoms with Gasteiger partial charge in [-0.15, -0.1) is 0 Å². The Balaban J connectivity index is 1.74. The summed E-state index contributed by atoms with van der Waals surface area (Å²) in [6, 6.07) is 15.3. The first-order valence-corrected chi connectivity index (χ1v) is 10.6. The Morgan fingerprint density at radius 2 is 1.78 bits per heavy atom. The van der Waals surface area contributed by atoms with Crippen LogP contribution >= 0.6 is 0 Å². The Bertz CT molecular complexity index is 927. The van der Waals surface area contributed by atoms with Gasteiger partial charge in [0.2, 0.25) is 15.9 Å². The first kappa shape index (κ1) is 19.4. The molecule has 1 aliphatic heterocycles. The molecule has 1 aliphatic rings. The van der Waals surface area contributed by atoms with Gasteiger partial charge in [0.25, 0.3) is 0 Å². The maximum atomic E-state index is 12.8. The van der Waals surface area contributed by atoms with Crippen LogP contribution in [0.15, 0.2) is 48.5 Å². The number of rotatable bonds is 6. The summed E-state index contributed by atoms with van der Waals surface area (Å²) in [4.78, 5) is 14.5. The van der Waals surface area contributed by atoms with Crippen LogP contribution in [0.25, 0.3) is 0 Å². The molecule has 0 radical (unpaired) electrons. The first-order valence-electron chi connectivity index (χ1n) is 8.80. The summed E-state index contributed by atoms with van der Waals surface area (Å²) in [7, 11) is -2.01. The second kappa shape index (κ2) is 8.10. The van der Waals surface area contributed by atoms with Gasteiger partial charge < -0.3 is 9.64 Å². The van der Waals surface area contributed by atoms with E-state index in [-0.39, 0.29) is 19.0 Å². The molecule has 0 saturated carbocycles. The van der Waals surface area contributed by atoms with E-state index in [1.165, 1.54) is 9.87 Å². The molecule has 27 heavy (non-hydrogen) atoms. The molecule has 1 amide bonds. The average molecular weight is 388 g/mol. The maximum Gasteiger partial charge on any atom is 0.238 e. The molecule has 6 nitrogen and oxygen atoms in total. The van der Waals surface area contributed by atoms with Crippen molar-refractivity contribution in [2.24, 2.45) is 0 Å². The summed E-state index contributed by atoms with van der Waals surface area (Å²) in [6.45, 7) is 1.03. The van der Waals surface area contributed by atoms with Crippen LogP contribution in [-0.2, 0) is 34.3 Å². The number of carbonyl (C=O) groups excluding carboxylic acids is 1. The minimum Gasteiger partial charge on any atom is -0.496 e. The Morgan fingerprint density at radius 3 is 2.48 bits per heavy atom. The van der Waals surface area contributed by atoms with E-state index in [1.807, 2.05) is 30.3 Å². The highest BCUT2D eigenvalue weighted by molar-refractivity contribution is 7.88. The lowest BCUT2D eigenvalue weighted by molar-refractivity contribution is -0.132. The molecule has 0 bridgehead atoms. The van der Waals surface area contributed by atoms with E-state index in [2.05, 4.69) is 6.07 Å². The Labute approximate surface area is 160 Å². The van der Waals surface area contributed by atoms with E-state index in [0.717, 1.165) is 23.8 Å². The predicted octanol–water partition coefficient (Wildman–Crippen LogP) is 2.04. The van der Waals surface area contributed by atoms with E-state index in [0.29, 0.717) is 18.8 Å². The van der Waals surface area contributed by atoms with E-state index >= 15 is 0 Å². The normalized spacial score (nSPS) is 14.1. The molecule has 1 heterocycles. The van der Waals surface area contributed by atoms with Crippen molar-refractivity contribution in [3.05, 3.63) is 65.2 Å². The number of hydrogen-bond donors (Lipinski definition) is 0. The number of carbonyl (C=O) groups is 1. The van der Waals surface area contributed by atoms with Gasteiger partial charge in [0, 0.05) is 25.2 Å². The summed E-state index contributed by atoms with van der Waals surface area (Å²) in [5.41, 5.74) is 3.09. The number of methoxy groups -OCH3 is 1. The number of benzene rings is 2. The number of sulfonamides is 1. The van der Waals surface area contributed by atoms with Crippen LogP contribution in [0.1, 0.15) is 16.7 Å². The van der Waals surface area contributed by atoms with Crippen molar-refractivity contribution in [1.29, 1.82) is 0 Å². The number of fused-ring (bicyclic) bond motifs is 1. The molecular formula is C20H24N2O4S. The van der Waals surface area contributed by atoms with Crippen molar-refractivity contribution in [1.82, 2.24) is 9.21 Å². The van der Waals surface area contributed by atoms with Crippen molar-refractivity contribution in [2.75, 3.05) is 26.5 Å². The molecule has 144 valence electrons. The molecule has 0 atom stereocenters. The molecule has 2 aromatic rings.